The predicted octanol–water partition coefficient (Wildman–Crippen LogP) is 3.35. The zero-order valence-electron chi connectivity index (χ0n) is 10.3. The van der Waals surface area contributed by atoms with Gasteiger partial charge in [0, 0.05) is 11.6 Å². The molecule has 0 atom stereocenters. The number of rotatable bonds is 2. The van der Waals surface area contributed by atoms with E-state index in [4.69, 9.17) is 0 Å². The van der Waals surface area contributed by atoms with E-state index < -0.39 is 10.3 Å². The third kappa shape index (κ3) is 3.46. The van der Waals surface area contributed by atoms with E-state index in [-0.39, 0.29) is 11.6 Å². The van der Waals surface area contributed by atoms with Crippen molar-refractivity contribution >= 4 is 33.7 Å². The van der Waals surface area contributed by atoms with Gasteiger partial charge in [-0.2, -0.15) is 0 Å². The van der Waals surface area contributed by atoms with Gasteiger partial charge >= 0.3 is 0 Å². The van der Waals surface area contributed by atoms with Gasteiger partial charge in [-0.25, -0.2) is 4.99 Å². The monoisotopic (exact) mass is 312 g/mol. The van der Waals surface area contributed by atoms with E-state index in [1.807, 2.05) is 0 Å². The highest BCUT2D eigenvalue weighted by Gasteiger charge is 2.21. The van der Waals surface area contributed by atoms with Gasteiger partial charge in [0.25, 0.3) is 11.6 Å². The Bertz CT molecular complexity index is 519. The molecule has 0 heterocycles. The van der Waals surface area contributed by atoms with E-state index in [0.29, 0.717) is 10.0 Å². The van der Waals surface area contributed by atoms with Crippen LogP contribution in [0.2, 0.25) is 0 Å². The fourth-order valence-corrected chi connectivity index (χ4v) is 1.68. The Balaban J connectivity index is 3.13. The number of carbonyl (C=O) groups excluding carboxylic acids is 1. The minimum atomic E-state index is -0.600. The Morgan fingerprint density at radius 3 is 2.56 bits per heavy atom. The van der Waals surface area contributed by atoms with Crippen LogP contribution in [0.4, 0.5) is 5.69 Å². The first-order valence-corrected chi connectivity index (χ1v) is 6.04. The number of nitro benzene ring substituents is 1. The molecule has 0 aliphatic carbocycles. The van der Waals surface area contributed by atoms with Crippen molar-refractivity contribution in [1.29, 1.82) is 0 Å². The molecule has 1 amide bonds. The van der Waals surface area contributed by atoms with E-state index in [1.165, 1.54) is 6.21 Å². The first-order valence-electron chi connectivity index (χ1n) is 5.25. The van der Waals surface area contributed by atoms with Crippen LogP contribution in [0, 0.1) is 15.5 Å². The van der Waals surface area contributed by atoms with Crippen LogP contribution in [0.1, 0.15) is 26.3 Å². The number of hydrogen-bond acceptors (Lipinski definition) is 3. The highest BCUT2D eigenvalue weighted by Crippen LogP contribution is 2.27. The smallest absolute Gasteiger partial charge is 0.272 e. The summed E-state index contributed by atoms with van der Waals surface area (Å²) in [5, 5.41) is 10.9. The summed E-state index contributed by atoms with van der Waals surface area (Å²) < 4.78 is 0.361. The molecular weight excluding hydrogens is 300 g/mol. The highest BCUT2D eigenvalue weighted by atomic mass is 79.9. The van der Waals surface area contributed by atoms with E-state index >= 15 is 0 Å². The largest absolute Gasteiger partial charge is 0.292 e. The molecule has 0 N–H and O–H groups in total. The normalized spacial score (nSPS) is 11.8. The average molecular weight is 313 g/mol. The summed E-state index contributed by atoms with van der Waals surface area (Å²) in [5.74, 6) is -0.322. The summed E-state index contributed by atoms with van der Waals surface area (Å²) in [4.78, 5) is 25.8. The minimum absolute atomic E-state index is 0.0945. The van der Waals surface area contributed by atoms with Gasteiger partial charge in [-0.3, -0.25) is 14.9 Å². The second-order valence-corrected chi connectivity index (χ2v) is 5.60. The molecule has 0 aliphatic rings. The van der Waals surface area contributed by atoms with Crippen molar-refractivity contribution < 1.29 is 9.72 Å². The number of carbonyl (C=O) groups is 1. The van der Waals surface area contributed by atoms with Crippen molar-refractivity contribution in [2.45, 2.75) is 20.8 Å². The molecule has 0 spiro atoms. The fourth-order valence-electron chi connectivity index (χ4n) is 1.15. The van der Waals surface area contributed by atoms with Crippen molar-refractivity contribution in [3.63, 3.8) is 0 Å². The topological polar surface area (TPSA) is 72.6 Å². The summed E-state index contributed by atoms with van der Waals surface area (Å²) in [6.45, 7) is 5.21. The predicted molar refractivity (Wildman–Crippen MR) is 72.9 cm³/mol. The molecule has 0 fully saturated rings. The summed E-state index contributed by atoms with van der Waals surface area (Å²) in [6.07, 6.45) is 1.23. The number of hydrogen-bond donors (Lipinski definition) is 0. The van der Waals surface area contributed by atoms with Crippen molar-refractivity contribution in [3.8, 4) is 0 Å². The Kier molecular flexibility index (Phi) is 4.34. The van der Waals surface area contributed by atoms with Gasteiger partial charge in [0.1, 0.15) is 0 Å². The average Bonchev–Trinajstić information content (AvgIpc) is 2.23. The summed E-state index contributed by atoms with van der Waals surface area (Å²) in [6, 6.07) is 4.77. The summed E-state index contributed by atoms with van der Waals surface area (Å²) >= 11 is 3.11. The standard InChI is InChI=1S/C12H13BrN2O3/c1-12(2,3)11(16)14-7-8-5-4-6-9(13)10(8)15(17)18/h4-7H,1-3H3. The van der Waals surface area contributed by atoms with E-state index in [0.717, 1.165) is 0 Å². The first kappa shape index (κ1) is 14.5. The Hall–Kier alpha value is -1.56. The summed E-state index contributed by atoms with van der Waals surface area (Å²) in [7, 11) is 0. The molecule has 1 aromatic carbocycles. The minimum Gasteiger partial charge on any atom is -0.272 e. The Morgan fingerprint density at radius 1 is 1.44 bits per heavy atom. The molecule has 18 heavy (non-hydrogen) atoms. The maximum absolute atomic E-state index is 11.6. The molecule has 1 aromatic rings. The lowest BCUT2D eigenvalue weighted by Gasteiger charge is -2.11. The molecule has 0 aromatic heterocycles. The second-order valence-electron chi connectivity index (χ2n) is 4.75. The maximum atomic E-state index is 11.6. The van der Waals surface area contributed by atoms with E-state index in [1.54, 1.807) is 39.0 Å². The lowest BCUT2D eigenvalue weighted by molar-refractivity contribution is -0.385. The van der Waals surface area contributed by atoms with Crippen LogP contribution in [-0.4, -0.2) is 17.0 Å². The SMILES string of the molecule is CC(C)(C)C(=O)N=Cc1cccc(Br)c1[N+](=O)[O-]. The van der Waals surface area contributed by atoms with Crippen molar-refractivity contribution in [1.82, 2.24) is 0 Å². The number of benzene rings is 1. The number of nitro groups is 1. The number of amides is 1. The molecule has 0 radical (unpaired) electrons. The molecule has 96 valence electrons. The van der Waals surface area contributed by atoms with Gasteiger partial charge in [-0.05, 0) is 28.1 Å². The van der Waals surface area contributed by atoms with Gasteiger partial charge < -0.3 is 0 Å². The van der Waals surface area contributed by atoms with Crippen LogP contribution in [0.15, 0.2) is 27.7 Å². The molecule has 6 heteroatoms. The number of para-hydroxylation sites is 1. The van der Waals surface area contributed by atoms with Crippen molar-refractivity contribution in [3.05, 3.63) is 38.3 Å². The van der Waals surface area contributed by atoms with Gasteiger partial charge in [0.05, 0.1) is 15.0 Å². The summed E-state index contributed by atoms with van der Waals surface area (Å²) in [5.41, 5.74) is -0.396. The molecule has 1 rings (SSSR count). The van der Waals surface area contributed by atoms with Crippen molar-refractivity contribution in [2.75, 3.05) is 0 Å². The molecular formula is C12H13BrN2O3. The third-order valence-electron chi connectivity index (χ3n) is 2.16. The highest BCUT2D eigenvalue weighted by molar-refractivity contribution is 9.10. The lowest BCUT2D eigenvalue weighted by Crippen LogP contribution is -2.17. The molecule has 0 unspecified atom stereocenters. The molecule has 0 bridgehead atoms. The quantitative estimate of drug-likeness (QED) is 0.477. The van der Waals surface area contributed by atoms with Crippen LogP contribution >= 0.6 is 15.9 Å². The van der Waals surface area contributed by atoms with Gasteiger partial charge in [-0.1, -0.05) is 26.8 Å². The third-order valence-corrected chi connectivity index (χ3v) is 2.80. The Labute approximate surface area is 113 Å². The number of halogens is 1. The number of nitrogens with zero attached hydrogens (tertiary/aromatic N) is 2. The van der Waals surface area contributed by atoms with Gasteiger partial charge in [0.2, 0.25) is 0 Å². The van der Waals surface area contributed by atoms with Crippen LogP contribution in [0.5, 0.6) is 0 Å². The maximum Gasteiger partial charge on any atom is 0.292 e. The first-order chi connectivity index (χ1) is 8.23. The van der Waals surface area contributed by atoms with E-state index in [9.17, 15) is 14.9 Å². The second kappa shape index (κ2) is 5.39. The fraction of sp³-hybridized carbons (Fsp3) is 0.333. The number of aliphatic imine (C=N–C) groups is 1. The van der Waals surface area contributed by atoms with Crippen LogP contribution in [-0.2, 0) is 4.79 Å². The van der Waals surface area contributed by atoms with Crippen LogP contribution in [0.25, 0.3) is 0 Å². The van der Waals surface area contributed by atoms with E-state index in [2.05, 4.69) is 20.9 Å². The lowest BCUT2D eigenvalue weighted by atomic mass is 9.96. The zero-order valence-corrected chi connectivity index (χ0v) is 11.9. The molecule has 0 saturated heterocycles. The zero-order chi connectivity index (χ0) is 13.9. The van der Waals surface area contributed by atoms with Crippen molar-refractivity contribution in [2.24, 2.45) is 10.4 Å². The molecule has 0 saturated carbocycles. The van der Waals surface area contributed by atoms with Crippen LogP contribution < -0.4 is 0 Å². The molecule has 5 nitrogen and oxygen atoms in total. The Morgan fingerprint density at radius 2 is 2.06 bits per heavy atom. The van der Waals surface area contributed by atoms with Crippen LogP contribution in [0.3, 0.4) is 0 Å². The molecule has 0 aliphatic heterocycles. The van der Waals surface area contributed by atoms with Gasteiger partial charge in [-0.15, -0.1) is 0 Å². The van der Waals surface area contributed by atoms with Gasteiger partial charge in [0.15, 0.2) is 0 Å².